The van der Waals surface area contributed by atoms with E-state index in [0.717, 1.165) is 0 Å². The van der Waals surface area contributed by atoms with Crippen LogP contribution < -0.4 is 21.7 Å². The van der Waals surface area contributed by atoms with E-state index < -0.39 is 42.0 Å². The van der Waals surface area contributed by atoms with Gasteiger partial charge in [-0.15, -0.1) is 0 Å². The van der Waals surface area contributed by atoms with Crippen molar-refractivity contribution >= 4 is 24.0 Å². The molecule has 0 unspecified atom stereocenters. The first-order valence-corrected chi connectivity index (χ1v) is 10.00. The predicted molar refractivity (Wildman–Crippen MR) is 113 cm³/mol. The molecule has 1 radical (unpaired) electrons. The zero-order chi connectivity index (χ0) is 23.6. The van der Waals surface area contributed by atoms with Crippen molar-refractivity contribution in [3.8, 4) is 5.75 Å². The summed E-state index contributed by atoms with van der Waals surface area (Å²) in [6.07, 6.45) is 0.819. The number of nitrogens with two attached hydrogens (primary N) is 1. The van der Waals surface area contributed by atoms with E-state index in [0.29, 0.717) is 5.56 Å². The summed E-state index contributed by atoms with van der Waals surface area (Å²) in [5.74, 6) is -1.80. The van der Waals surface area contributed by atoms with E-state index in [4.69, 9.17) is 5.73 Å². The van der Waals surface area contributed by atoms with Gasteiger partial charge in [-0.3, -0.25) is 19.2 Å². The number of phenols is 1. The average molecular weight is 436 g/mol. The molecule has 171 valence electrons. The quantitative estimate of drug-likeness (QED) is 0.241. The van der Waals surface area contributed by atoms with Crippen molar-refractivity contribution in [1.82, 2.24) is 16.0 Å². The highest BCUT2D eigenvalue weighted by Gasteiger charge is 2.29. The maximum Gasteiger partial charge on any atom is 0.243 e. The van der Waals surface area contributed by atoms with Crippen LogP contribution in [0.5, 0.6) is 5.75 Å². The summed E-state index contributed by atoms with van der Waals surface area (Å²) >= 11 is 0. The van der Waals surface area contributed by atoms with Gasteiger partial charge in [0.2, 0.25) is 24.0 Å². The molecule has 0 aliphatic rings. The molecule has 10 heteroatoms. The molecule has 0 bridgehead atoms. The standard InChI is InChI=1S/C21H31N4O6/c1-12(2)10-16(25-21(31)18(22)13(3)27)20(30)24-17(19(29)23-8-9-26)11-14-4-6-15(28)7-5-14/h4-7,12-13,16-18,27-28H,8,10-11,22H2,1-3H3,(H,23,29)(H,24,30)(H,25,31)/t13-,16+,17+,18+/m1/s1. The van der Waals surface area contributed by atoms with Gasteiger partial charge in [-0.05, 0) is 37.0 Å². The molecule has 0 aliphatic carbocycles. The number of aliphatic hydroxyl groups excluding tert-OH is 1. The van der Waals surface area contributed by atoms with Crippen molar-refractivity contribution in [2.45, 2.75) is 57.8 Å². The fourth-order valence-electron chi connectivity index (χ4n) is 2.79. The second kappa shape index (κ2) is 12.7. The Morgan fingerprint density at radius 3 is 2.10 bits per heavy atom. The molecule has 3 amide bonds. The molecule has 7 N–H and O–H groups in total. The van der Waals surface area contributed by atoms with Crippen molar-refractivity contribution in [2.75, 3.05) is 6.54 Å². The minimum Gasteiger partial charge on any atom is -0.508 e. The van der Waals surface area contributed by atoms with Crippen LogP contribution in [0.4, 0.5) is 0 Å². The van der Waals surface area contributed by atoms with Gasteiger partial charge in [-0.25, -0.2) is 0 Å². The van der Waals surface area contributed by atoms with Gasteiger partial charge >= 0.3 is 0 Å². The fourth-order valence-corrected chi connectivity index (χ4v) is 2.79. The van der Waals surface area contributed by atoms with Crippen LogP contribution in [0.1, 0.15) is 32.8 Å². The molecule has 0 fully saturated rings. The molecule has 0 aromatic heterocycles. The van der Waals surface area contributed by atoms with Gasteiger partial charge in [0.1, 0.15) is 23.9 Å². The van der Waals surface area contributed by atoms with Crippen LogP contribution in [0.3, 0.4) is 0 Å². The number of phenolic OH excluding ortho intramolecular Hbond substituents is 1. The highest BCUT2D eigenvalue weighted by Crippen LogP contribution is 2.12. The van der Waals surface area contributed by atoms with E-state index >= 15 is 0 Å². The first kappa shape index (κ1) is 26.1. The minimum absolute atomic E-state index is 0.0351. The largest absolute Gasteiger partial charge is 0.508 e. The lowest BCUT2D eigenvalue weighted by Gasteiger charge is -2.25. The third-order valence-electron chi connectivity index (χ3n) is 4.51. The second-order valence-electron chi connectivity index (χ2n) is 7.75. The molecule has 0 aliphatic heterocycles. The van der Waals surface area contributed by atoms with Crippen LogP contribution in [0.15, 0.2) is 24.3 Å². The van der Waals surface area contributed by atoms with Crippen molar-refractivity contribution in [2.24, 2.45) is 11.7 Å². The number of hydrogen-bond acceptors (Lipinski definition) is 7. The van der Waals surface area contributed by atoms with Crippen LogP contribution >= 0.6 is 0 Å². The maximum absolute atomic E-state index is 12.9. The van der Waals surface area contributed by atoms with Gasteiger partial charge in [0.25, 0.3) is 0 Å². The SMILES string of the molecule is CC(C)C[C@H](NC(=O)[C@@H](N)[C@@H](C)O)C(=O)N[C@@H](Cc1ccc(O)cc1)C(=O)NC[C]=O. The summed E-state index contributed by atoms with van der Waals surface area (Å²) in [6, 6.07) is 2.87. The number of carbonyl (C=O) groups excluding carboxylic acids is 4. The van der Waals surface area contributed by atoms with E-state index in [9.17, 15) is 29.4 Å². The minimum atomic E-state index is -1.21. The Bertz CT molecular complexity index is 751. The van der Waals surface area contributed by atoms with Crippen LogP contribution in [0.25, 0.3) is 0 Å². The fraction of sp³-hybridized carbons (Fsp3) is 0.524. The molecule has 31 heavy (non-hydrogen) atoms. The van der Waals surface area contributed by atoms with E-state index in [1.807, 2.05) is 13.8 Å². The van der Waals surface area contributed by atoms with Crippen molar-refractivity contribution in [1.29, 1.82) is 0 Å². The Labute approximate surface area is 181 Å². The monoisotopic (exact) mass is 435 g/mol. The molecular formula is C21H31N4O6. The Morgan fingerprint density at radius 1 is 1.00 bits per heavy atom. The Hall–Kier alpha value is -2.98. The highest BCUT2D eigenvalue weighted by atomic mass is 16.3. The van der Waals surface area contributed by atoms with Gasteiger partial charge < -0.3 is 31.9 Å². The van der Waals surface area contributed by atoms with Gasteiger partial charge in [-0.1, -0.05) is 26.0 Å². The Morgan fingerprint density at radius 2 is 1.58 bits per heavy atom. The Balaban J connectivity index is 3.00. The van der Waals surface area contributed by atoms with Crippen molar-refractivity contribution in [3.05, 3.63) is 29.8 Å². The molecule has 1 aromatic rings. The third kappa shape index (κ3) is 9.14. The topological polar surface area (TPSA) is 171 Å². The van der Waals surface area contributed by atoms with E-state index in [2.05, 4.69) is 16.0 Å². The number of rotatable bonds is 12. The summed E-state index contributed by atoms with van der Waals surface area (Å²) in [6.45, 7) is 4.75. The van der Waals surface area contributed by atoms with Gasteiger partial charge in [0, 0.05) is 6.42 Å². The van der Waals surface area contributed by atoms with Gasteiger partial charge in [-0.2, -0.15) is 0 Å². The molecule has 0 heterocycles. The lowest BCUT2D eigenvalue weighted by molar-refractivity contribution is -0.133. The lowest BCUT2D eigenvalue weighted by Crippen LogP contribution is -2.57. The number of carbonyl (C=O) groups is 3. The van der Waals surface area contributed by atoms with Crippen LogP contribution in [-0.4, -0.2) is 65.0 Å². The zero-order valence-corrected chi connectivity index (χ0v) is 17.9. The number of hydrogen-bond donors (Lipinski definition) is 6. The summed E-state index contributed by atoms with van der Waals surface area (Å²) in [7, 11) is 0. The number of benzene rings is 1. The van der Waals surface area contributed by atoms with Gasteiger partial charge in [0.15, 0.2) is 0 Å². The number of amides is 3. The molecule has 10 nitrogen and oxygen atoms in total. The normalized spacial score (nSPS) is 14.8. The van der Waals surface area contributed by atoms with Crippen LogP contribution in [-0.2, 0) is 25.6 Å². The highest BCUT2D eigenvalue weighted by molar-refractivity contribution is 5.93. The average Bonchev–Trinajstić information content (AvgIpc) is 2.71. The lowest BCUT2D eigenvalue weighted by atomic mass is 10.0. The van der Waals surface area contributed by atoms with Crippen LogP contribution in [0.2, 0.25) is 0 Å². The molecule has 1 aromatic carbocycles. The van der Waals surface area contributed by atoms with E-state index in [1.165, 1.54) is 19.1 Å². The van der Waals surface area contributed by atoms with Gasteiger partial charge in [0.05, 0.1) is 12.6 Å². The number of nitrogens with one attached hydrogen (secondary N) is 3. The first-order chi connectivity index (χ1) is 14.5. The third-order valence-corrected chi connectivity index (χ3v) is 4.51. The summed E-state index contributed by atoms with van der Waals surface area (Å²) in [5, 5.41) is 26.4. The zero-order valence-electron chi connectivity index (χ0n) is 17.9. The maximum atomic E-state index is 12.9. The number of aromatic hydroxyl groups is 1. The van der Waals surface area contributed by atoms with Crippen molar-refractivity contribution in [3.63, 3.8) is 0 Å². The summed E-state index contributed by atoms with van der Waals surface area (Å²) in [4.78, 5) is 48.1. The van der Waals surface area contributed by atoms with E-state index in [-0.39, 0.29) is 31.1 Å². The Kier molecular flexibility index (Phi) is 10.6. The molecule has 0 saturated heterocycles. The molecule has 1 rings (SSSR count). The molecule has 0 saturated carbocycles. The number of aliphatic hydroxyl groups is 1. The summed E-state index contributed by atoms with van der Waals surface area (Å²) in [5.41, 5.74) is 6.30. The van der Waals surface area contributed by atoms with E-state index in [1.54, 1.807) is 18.4 Å². The smallest absolute Gasteiger partial charge is 0.243 e. The summed E-state index contributed by atoms with van der Waals surface area (Å²) < 4.78 is 0. The second-order valence-corrected chi connectivity index (χ2v) is 7.75. The molecular weight excluding hydrogens is 404 g/mol. The van der Waals surface area contributed by atoms with Crippen molar-refractivity contribution < 1.29 is 29.4 Å². The van der Waals surface area contributed by atoms with Crippen LogP contribution in [0, 0.1) is 5.92 Å². The first-order valence-electron chi connectivity index (χ1n) is 10.00. The molecule has 4 atom stereocenters. The molecule has 0 spiro atoms. The predicted octanol–water partition coefficient (Wildman–Crippen LogP) is -1.12.